The van der Waals surface area contributed by atoms with E-state index in [2.05, 4.69) is 6.92 Å². The number of rotatable bonds is 28. The summed E-state index contributed by atoms with van der Waals surface area (Å²) in [4.78, 5) is 65.9. The number of carbonyl (C=O) groups is 5. The Bertz CT molecular complexity index is 1960. The number of carboxylic acids is 1. The number of aliphatic hydroxyl groups excluding tert-OH is 4. The zero-order valence-corrected chi connectivity index (χ0v) is 45.3. The highest BCUT2D eigenvalue weighted by Gasteiger charge is 2.53. The number of ether oxygens (including phenoxy) is 5. The van der Waals surface area contributed by atoms with E-state index in [1.807, 2.05) is 64.2 Å². The number of allylic oxidation sites excluding steroid dienone is 6. The van der Waals surface area contributed by atoms with Crippen molar-refractivity contribution >= 4 is 29.4 Å². The number of Topliss-reactive ketones (excluding diaryl/α,β-unsaturated/α-hetero) is 2. The molecule has 2 aliphatic heterocycles. The Labute approximate surface area is 433 Å². The van der Waals surface area contributed by atoms with Crippen molar-refractivity contribution in [3.05, 3.63) is 59.8 Å². The fraction of sp³-hybridized carbons (Fsp3) is 0.732. The maximum atomic E-state index is 13.6. The third kappa shape index (κ3) is 17.8. The zero-order valence-electron chi connectivity index (χ0n) is 45.3. The monoisotopic (exact) mass is 1030 g/mol. The number of esters is 1. The summed E-state index contributed by atoms with van der Waals surface area (Å²) in [5.74, 6) is -7.73. The number of hydrogen-bond donors (Lipinski definition) is 6. The first-order valence-electron chi connectivity index (χ1n) is 26.2. The van der Waals surface area contributed by atoms with E-state index in [1.54, 1.807) is 40.2 Å². The first-order valence-corrected chi connectivity index (χ1v) is 26.2. The van der Waals surface area contributed by atoms with Gasteiger partial charge in [0, 0.05) is 52.0 Å². The van der Waals surface area contributed by atoms with Crippen molar-refractivity contribution in [1.82, 2.24) is 4.90 Å². The Morgan fingerprint density at radius 1 is 0.822 bits per heavy atom. The molecule has 414 valence electrons. The molecule has 15 atom stereocenters. The molecule has 3 fully saturated rings. The number of piperidine rings is 1. The minimum Gasteiger partial charge on any atom is -0.480 e. The van der Waals surface area contributed by atoms with Crippen LogP contribution in [0.25, 0.3) is 0 Å². The van der Waals surface area contributed by atoms with Gasteiger partial charge >= 0.3 is 11.9 Å². The van der Waals surface area contributed by atoms with Crippen LogP contribution >= 0.6 is 0 Å². The van der Waals surface area contributed by atoms with Crippen LogP contribution in [0.4, 0.5) is 0 Å². The minimum atomic E-state index is -2.39. The van der Waals surface area contributed by atoms with Gasteiger partial charge in [0.1, 0.15) is 29.8 Å². The van der Waals surface area contributed by atoms with Crippen LogP contribution in [0.15, 0.2) is 59.8 Å². The number of carboxylic acid groups (broad SMARTS) is 1. The minimum absolute atomic E-state index is 0.00266. The van der Waals surface area contributed by atoms with Crippen molar-refractivity contribution in [2.45, 2.75) is 181 Å². The van der Waals surface area contributed by atoms with Crippen LogP contribution in [0.2, 0.25) is 0 Å². The highest BCUT2D eigenvalue weighted by molar-refractivity contribution is 6.39. The molecule has 1 saturated carbocycles. The first-order chi connectivity index (χ1) is 34.4. The van der Waals surface area contributed by atoms with E-state index < -0.39 is 103 Å². The van der Waals surface area contributed by atoms with Crippen molar-refractivity contribution in [1.29, 1.82) is 0 Å². The number of methoxy groups -OCH3 is 3. The normalized spacial score (nSPS) is 28.1. The maximum Gasteiger partial charge on any atom is 0.326 e. The molecule has 17 nitrogen and oxygen atoms in total. The number of aliphatic carboxylic acids is 1. The van der Waals surface area contributed by atoms with Crippen LogP contribution < -0.4 is 0 Å². The van der Waals surface area contributed by atoms with E-state index in [-0.39, 0.29) is 42.6 Å². The quantitative estimate of drug-likeness (QED) is 0.0233. The number of likely N-dealkylation sites (tertiary alicyclic amines) is 1. The van der Waals surface area contributed by atoms with E-state index in [0.717, 1.165) is 23.3 Å². The lowest BCUT2D eigenvalue weighted by molar-refractivity contribution is -0.265. The molecule has 0 aromatic carbocycles. The zero-order chi connectivity index (χ0) is 54.8. The molecule has 1 amide bonds. The smallest absolute Gasteiger partial charge is 0.326 e. The lowest BCUT2D eigenvalue weighted by atomic mass is 9.80. The van der Waals surface area contributed by atoms with Gasteiger partial charge in [0.2, 0.25) is 5.79 Å². The lowest BCUT2D eigenvalue weighted by Gasteiger charge is -2.42. The topological polar surface area (TPSA) is 256 Å². The van der Waals surface area contributed by atoms with Gasteiger partial charge in [0.05, 0.1) is 37.6 Å². The third-order valence-corrected chi connectivity index (χ3v) is 15.3. The van der Waals surface area contributed by atoms with Gasteiger partial charge in [0.25, 0.3) is 11.7 Å². The number of nitrogens with zero attached hydrogens (tertiary/aromatic N) is 1. The molecule has 2 heterocycles. The summed E-state index contributed by atoms with van der Waals surface area (Å²) in [6.07, 6.45) is 16.0. The molecule has 73 heavy (non-hydrogen) atoms. The second kappa shape index (κ2) is 30.0. The van der Waals surface area contributed by atoms with Gasteiger partial charge in [0.15, 0.2) is 5.78 Å². The van der Waals surface area contributed by atoms with E-state index in [4.69, 9.17) is 23.7 Å². The van der Waals surface area contributed by atoms with E-state index in [1.165, 1.54) is 14.0 Å². The number of amides is 1. The van der Waals surface area contributed by atoms with E-state index in [0.29, 0.717) is 62.9 Å². The Balaban J connectivity index is 1.50. The number of carbonyl (C=O) groups excluding carboxylic acids is 4. The summed E-state index contributed by atoms with van der Waals surface area (Å²) in [6, 6.07) is -1.12. The van der Waals surface area contributed by atoms with Crippen LogP contribution in [0.3, 0.4) is 0 Å². The third-order valence-electron chi connectivity index (χ3n) is 15.3. The molecule has 0 radical (unpaired) electrons. The van der Waals surface area contributed by atoms with Crippen molar-refractivity contribution in [2.24, 2.45) is 40.9 Å². The highest BCUT2D eigenvalue weighted by atomic mass is 16.6. The van der Waals surface area contributed by atoms with Crippen LogP contribution in [0, 0.1) is 40.9 Å². The molecule has 0 spiro atoms. The second-order valence-electron chi connectivity index (χ2n) is 21.5. The predicted molar refractivity (Wildman–Crippen MR) is 275 cm³/mol. The first kappa shape index (κ1) is 63.4. The Morgan fingerprint density at radius 3 is 2.12 bits per heavy atom. The molecule has 0 aromatic heterocycles. The average molecular weight is 1030 g/mol. The lowest BCUT2D eigenvalue weighted by Crippen LogP contribution is -2.60. The Hall–Kier alpha value is -3.91. The number of aliphatic hydroxyl groups is 5. The van der Waals surface area contributed by atoms with Crippen molar-refractivity contribution in [3.8, 4) is 0 Å². The summed E-state index contributed by atoms with van der Waals surface area (Å²) in [5, 5.41) is 62.7. The predicted octanol–water partition coefficient (Wildman–Crippen LogP) is 5.84. The molecule has 2 unspecified atom stereocenters. The van der Waals surface area contributed by atoms with Crippen molar-refractivity contribution in [3.63, 3.8) is 0 Å². The largest absolute Gasteiger partial charge is 0.480 e. The molecular weight excluding hydrogens is 943 g/mol. The molecule has 6 N–H and O–H groups in total. The van der Waals surface area contributed by atoms with Crippen LogP contribution in [-0.4, -0.2) is 161 Å². The SMILES string of the molecule is CO[C@@H](CC1CC[C@@H](C)[C@](O)(C(=O)C(=O)N2CCCC[C@H]2C(=O)O)O1)/C(C)=C/C=C/C=C/[C@@H](C)C[C@@H](C)C(=O)[C@H](OC)[C@H](O)/C(C)=C/[C@@H](C)C(O)/C=C/[C@H](C)C[C@@H]1CC[C@@H](OC(=O)C(C)(CO)CO)[C@H](OC)C1. The summed E-state index contributed by atoms with van der Waals surface area (Å²) in [6.45, 7) is 13.5. The molecule has 0 bridgehead atoms. The average Bonchev–Trinajstić information content (AvgIpc) is 3.37. The molecule has 3 rings (SSSR count). The van der Waals surface area contributed by atoms with Crippen LogP contribution in [0.1, 0.15) is 126 Å². The molecule has 2 saturated heterocycles. The van der Waals surface area contributed by atoms with Crippen LogP contribution in [-0.2, 0) is 47.7 Å². The fourth-order valence-corrected chi connectivity index (χ4v) is 10.2. The van der Waals surface area contributed by atoms with Gasteiger partial charge in [-0.05, 0) is 114 Å². The Kier molecular flexibility index (Phi) is 26.0. The van der Waals surface area contributed by atoms with Gasteiger partial charge in [-0.25, -0.2) is 4.79 Å². The van der Waals surface area contributed by atoms with Crippen LogP contribution in [0.5, 0.6) is 0 Å². The van der Waals surface area contributed by atoms with Gasteiger partial charge < -0.3 is 59.2 Å². The maximum absolute atomic E-state index is 13.6. The summed E-state index contributed by atoms with van der Waals surface area (Å²) < 4.78 is 28.6. The second-order valence-corrected chi connectivity index (χ2v) is 21.5. The van der Waals surface area contributed by atoms with E-state index in [9.17, 15) is 54.6 Å². The van der Waals surface area contributed by atoms with Gasteiger partial charge in [-0.15, -0.1) is 0 Å². The summed E-state index contributed by atoms with van der Waals surface area (Å²) in [7, 11) is 4.53. The van der Waals surface area contributed by atoms with Crippen molar-refractivity contribution in [2.75, 3.05) is 41.1 Å². The standard InChI is InChI=1S/C56H89NO16/c1-34(17-13-12-14-18-36(3)46(69-9)31-42-23-21-40(7)56(68,73-42)51(63)52(64)57-26-16-15-19-43(57)53(65)66)27-38(5)48(61)50(71-11)49(62)39(6)29-37(4)44(60)24-20-35(2)28-41-22-25-45(47(30-41)70-10)72-54(67)55(8,32-58)33-59/h12-14,17-18,20,24,29,34-35,37-38,40-47,49-50,58-60,62,68H,15-16,19,21-23,25-28,30-33H2,1-11H3,(H,65,66)/b14-12+,17-13+,24-20+,36-18+,39-29+/t34-,35+,37-,38-,40-,41+,42?,43+,44?,45-,46+,47-,49-,50+,56-/m1/s1. The van der Waals surface area contributed by atoms with E-state index >= 15 is 0 Å². The molecular formula is C56H89NO16. The highest BCUT2D eigenvalue weighted by Crippen LogP contribution is 2.37. The van der Waals surface area contributed by atoms with Gasteiger partial charge in [-0.2, -0.15) is 0 Å². The molecule has 1 aliphatic carbocycles. The van der Waals surface area contributed by atoms with Gasteiger partial charge in [-0.3, -0.25) is 19.2 Å². The molecule has 0 aromatic rings. The van der Waals surface area contributed by atoms with Crippen molar-refractivity contribution < 1.29 is 78.3 Å². The molecule has 3 aliphatic rings. The summed E-state index contributed by atoms with van der Waals surface area (Å²) in [5.41, 5.74) is -0.0151. The fourth-order valence-electron chi connectivity index (χ4n) is 10.2. The summed E-state index contributed by atoms with van der Waals surface area (Å²) >= 11 is 0. The number of ketones is 2. The van der Waals surface area contributed by atoms with Gasteiger partial charge in [-0.1, -0.05) is 83.2 Å². The molecule has 17 heteroatoms. The number of hydrogen-bond acceptors (Lipinski definition) is 15. The Morgan fingerprint density at radius 2 is 1.51 bits per heavy atom.